The summed E-state index contributed by atoms with van der Waals surface area (Å²) in [6, 6.07) is 9.68. The Labute approximate surface area is 92.0 Å². The van der Waals surface area contributed by atoms with Crippen LogP contribution in [0.15, 0.2) is 52.5 Å². The van der Waals surface area contributed by atoms with E-state index in [4.69, 9.17) is 0 Å². The van der Waals surface area contributed by atoms with Gasteiger partial charge in [-0.1, -0.05) is 17.7 Å². The van der Waals surface area contributed by atoms with Gasteiger partial charge in [0.05, 0.1) is 15.7 Å². The van der Waals surface area contributed by atoms with Gasteiger partial charge in [0.2, 0.25) is 0 Å². The van der Waals surface area contributed by atoms with Gasteiger partial charge in [-0.3, -0.25) is 0 Å². The van der Waals surface area contributed by atoms with E-state index in [9.17, 15) is 4.21 Å². The number of aryl methyl sites for hydroxylation is 2. The molecule has 1 unspecified atom stereocenters. The number of rotatable bonds is 2. The van der Waals surface area contributed by atoms with E-state index in [1.54, 1.807) is 0 Å². The van der Waals surface area contributed by atoms with Crippen molar-refractivity contribution in [2.75, 3.05) is 0 Å². The van der Waals surface area contributed by atoms with Crippen LogP contribution in [-0.2, 0) is 17.8 Å². The smallest absolute Gasteiger partial charge is 0.0865 e. The Bertz CT molecular complexity index is 485. The minimum atomic E-state index is -1.06. The number of hydrogen-bond donors (Lipinski definition) is 0. The maximum absolute atomic E-state index is 12.1. The molecule has 1 heterocycles. The van der Waals surface area contributed by atoms with Crippen molar-refractivity contribution in [1.29, 1.82) is 0 Å². The molecule has 0 radical (unpaired) electrons. The number of benzene rings is 1. The van der Waals surface area contributed by atoms with Gasteiger partial charge in [0.25, 0.3) is 0 Å². The summed E-state index contributed by atoms with van der Waals surface area (Å²) in [7, 11) is 0.871. The first-order chi connectivity index (χ1) is 7.16. The largest absolute Gasteiger partial charge is 0.356 e. The first kappa shape index (κ1) is 10.2. The second-order valence-electron chi connectivity index (χ2n) is 3.59. The van der Waals surface area contributed by atoms with Gasteiger partial charge in [-0.25, -0.2) is 4.21 Å². The SMILES string of the molecule is Cc1ccc(S(=O)c2ccn(C)c2)cc1. The van der Waals surface area contributed by atoms with E-state index in [1.807, 2.05) is 61.3 Å². The van der Waals surface area contributed by atoms with E-state index in [-0.39, 0.29) is 0 Å². The van der Waals surface area contributed by atoms with Crippen molar-refractivity contribution in [2.24, 2.45) is 7.05 Å². The van der Waals surface area contributed by atoms with Gasteiger partial charge < -0.3 is 4.57 Å². The lowest BCUT2D eigenvalue weighted by Crippen LogP contribution is -1.91. The average molecular weight is 219 g/mol. The fourth-order valence-electron chi connectivity index (χ4n) is 1.39. The highest BCUT2D eigenvalue weighted by molar-refractivity contribution is 7.85. The summed E-state index contributed by atoms with van der Waals surface area (Å²) >= 11 is 0. The quantitative estimate of drug-likeness (QED) is 0.760. The lowest BCUT2D eigenvalue weighted by atomic mass is 10.2. The zero-order valence-electron chi connectivity index (χ0n) is 8.81. The maximum Gasteiger partial charge on any atom is 0.0865 e. The van der Waals surface area contributed by atoms with Crippen molar-refractivity contribution in [1.82, 2.24) is 4.57 Å². The summed E-state index contributed by atoms with van der Waals surface area (Å²) in [5.74, 6) is 0. The van der Waals surface area contributed by atoms with Crippen molar-refractivity contribution in [2.45, 2.75) is 16.7 Å². The summed E-state index contributed by atoms with van der Waals surface area (Å²) in [6.07, 6.45) is 3.79. The van der Waals surface area contributed by atoms with Crippen molar-refractivity contribution >= 4 is 10.8 Å². The van der Waals surface area contributed by atoms with Crippen LogP contribution in [0.1, 0.15) is 5.56 Å². The number of hydrogen-bond acceptors (Lipinski definition) is 1. The molecule has 1 atom stereocenters. The van der Waals surface area contributed by atoms with E-state index < -0.39 is 10.8 Å². The Morgan fingerprint density at radius 2 is 1.73 bits per heavy atom. The van der Waals surface area contributed by atoms with E-state index in [0.717, 1.165) is 9.79 Å². The normalized spacial score (nSPS) is 12.7. The predicted molar refractivity (Wildman–Crippen MR) is 61.3 cm³/mol. The van der Waals surface area contributed by atoms with Crippen LogP contribution in [0.5, 0.6) is 0 Å². The van der Waals surface area contributed by atoms with Gasteiger partial charge in [-0.2, -0.15) is 0 Å². The molecular formula is C12H13NOS. The third-order valence-corrected chi connectivity index (χ3v) is 3.62. The topological polar surface area (TPSA) is 22.0 Å². The highest BCUT2D eigenvalue weighted by Gasteiger charge is 2.07. The molecule has 2 rings (SSSR count). The van der Waals surface area contributed by atoms with Gasteiger partial charge in [0.15, 0.2) is 0 Å². The first-order valence-corrected chi connectivity index (χ1v) is 5.92. The standard InChI is InChI=1S/C12H13NOS/c1-10-3-5-11(6-4-10)15(14)12-7-8-13(2)9-12/h3-9H,1-2H3. The van der Waals surface area contributed by atoms with Gasteiger partial charge in [-0.15, -0.1) is 0 Å². The minimum Gasteiger partial charge on any atom is -0.356 e. The fraction of sp³-hybridized carbons (Fsp3) is 0.167. The summed E-state index contributed by atoms with van der Waals surface area (Å²) in [4.78, 5) is 1.70. The third kappa shape index (κ3) is 2.18. The molecule has 1 aromatic carbocycles. The molecule has 1 aromatic heterocycles. The molecule has 0 saturated heterocycles. The second kappa shape index (κ2) is 4.03. The van der Waals surface area contributed by atoms with Crippen molar-refractivity contribution in [3.05, 3.63) is 48.3 Å². The van der Waals surface area contributed by atoms with Crippen molar-refractivity contribution in [3.63, 3.8) is 0 Å². The number of nitrogens with zero attached hydrogens (tertiary/aromatic N) is 1. The molecule has 0 bridgehead atoms. The molecule has 0 N–H and O–H groups in total. The van der Waals surface area contributed by atoms with Gasteiger partial charge >= 0.3 is 0 Å². The number of aromatic nitrogens is 1. The Balaban J connectivity index is 2.32. The maximum atomic E-state index is 12.1. The Hall–Kier alpha value is -1.35. The van der Waals surface area contributed by atoms with Crippen LogP contribution in [0.4, 0.5) is 0 Å². The molecule has 0 spiro atoms. The summed E-state index contributed by atoms with van der Waals surface area (Å²) < 4.78 is 14.0. The van der Waals surface area contributed by atoms with E-state index in [1.165, 1.54) is 5.56 Å². The molecule has 0 fully saturated rings. The third-order valence-electron chi connectivity index (χ3n) is 2.25. The molecular weight excluding hydrogens is 206 g/mol. The van der Waals surface area contributed by atoms with E-state index in [2.05, 4.69) is 0 Å². The molecule has 0 aliphatic heterocycles. The Morgan fingerprint density at radius 1 is 1.07 bits per heavy atom. The van der Waals surface area contributed by atoms with Crippen LogP contribution in [0.3, 0.4) is 0 Å². The van der Waals surface area contributed by atoms with Gasteiger partial charge in [-0.05, 0) is 25.1 Å². The zero-order valence-corrected chi connectivity index (χ0v) is 9.62. The Kier molecular flexibility index (Phi) is 2.73. The fourth-order valence-corrected chi connectivity index (χ4v) is 2.49. The predicted octanol–water partition coefficient (Wildman–Crippen LogP) is 2.50. The van der Waals surface area contributed by atoms with Crippen LogP contribution in [0, 0.1) is 6.92 Å². The molecule has 2 nitrogen and oxygen atoms in total. The highest BCUT2D eigenvalue weighted by atomic mass is 32.2. The first-order valence-electron chi connectivity index (χ1n) is 4.77. The van der Waals surface area contributed by atoms with Crippen molar-refractivity contribution < 1.29 is 4.21 Å². The monoisotopic (exact) mass is 219 g/mol. The molecule has 0 amide bonds. The van der Waals surface area contributed by atoms with Crippen molar-refractivity contribution in [3.8, 4) is 0 Å². The van der Waals surface area contributed by atoms with Crippen LogP contribution < -0.4 is 0 Å². The summed E-state index contributed by atoms with van der Waals surface area (Å²) in [5, 5.41) is 0. The van der Waals surface area contributed by atoms with Crippen LogP contribution in [-0.4, -0.2) is 8.78 Å². The minimum absolute atomic E-state index is 0.848. The van der Waals surface area contributed by atoms with Crippen LogP contribution in [0.2, 0.25) is 0 Å². The van der Waals surface area contributed by atoms with Crippen LogP contribution in [0.25, 0.3) is 0 Å². The van der Waals surface area contributed by atoms with Gasteiger partial charge in [0, 0.05) is 24.3 Å². The zero-order chi connectivity index (χ0) is 10.8. The molecule has 2 aromatic rings. The van der Waals surface area contributed by atoms with Crippen LogP contribution >= 0.6 is 0 Å². The lowest BCUT2D eigenvalue weighted by molar-refractivity contribution is 0.683. The highest BCUT2D eigenvalue weighted by Crippen LogP contribution is 2.16. The molecule has 78 valence electrons. The molecule has 0 saturated carbocycles. The average Bonchev–Trinajstić information content (AvgIpc) is 2.65. The lowest BCUT2D eigenvalue weighted by Gasteiger charge is -1.99. The molecule has 0 aliphatic rings. The molecule has 3 heteroatoms. The summed E-state index contributed by atoms with van der Waals surface area (Å²) in [6.45, 7) is 2.02. The summed E-state index contributed by atoms with van der Waals surface area (Å²) in [5.41, 5.74) is 1.18. The second-order valence-corrected chi connectivity index (χ2v) is 5.07. The Morgan fingerprint density at radius 3 is 2.27 bits per heavy atom. The molecule has 15 heavy (non-hydrogen) atoms. The molecule has 0 aliphatic carbocycles. The van der Waals surface area contributed by atoms with E-state index in [0.29, 0.717) is 0 Å². The van der Waals surface area contributed by atoms with Gasteiger partial charge in [0.1, 0.15) is 0 Å². The van der Waals surface area contributed by atoms with E-state index >= 15 is 0 Å².